The minimum atomic E-state index is -0.441. The van der Waals surface area contributed by atoms with Crippen molar-refractivity contribution in [1.82, 2.24) is 0 Å². The second kappa shape index (κ2) is 9.73. The zero-order valence-electron chi connectivity index (χ0n) is 24.0. The third kappa shape index (κ3) is 4.56. The van der Waals surface area contributed by atoms with Crippen molar-refractivity contribution in [2.45, 2.75) is 38.9 Å². The Kier molecular flexibility index (Phi) is 6.12. The highest BCUT2D eigenvalue weighted by atomic mass is 16.7. The summed E-state index contributed by atoms with van der Waals surface area (Å²) in [6.45, 7) is 8.42. The third-order valence-corrected chi connectivity index (χ3v) is 8.90. The van der Waals surface area contributed by atoms with E-state index in [9.17, 15) is 0 Å². The standard InChI is InChI=1S/C38H33BO2/c1-37(2)38(3,4)41-39(40-37)32-24-30(23-31(25-32)36-18-10-14-28-12-6-8-16-34(28)36)26-19-21-29(22-20-26)35-17-9-13-27-11-5-7-15-33(27)35/h5-25H,1-4H3. The monoisotopic (exact) mass is 532 g/mol. The molecule has 2 nitrogen and oxygen atoms in total. The zero-order valence-corrected chi connectivity index (χ0v) is 24.0. The van der Waals surface area contributed by atoms with E-state index in [0.29, 0.717) is 0 Å². The molecule has 6 aromatic rings. The molecule has 0 atom stereocenters. The van der Waals surface area contributed by atoms with E-state index in [-0.39, 0.29) is 0 Å². The molecule has 1 aliphatic heterocycles. The van der Waals surface area contributed by atoms with Crippen LogP contribution in [0.3, 0.4) is 0 Å². The van der Waals surface area contributed by atoms with E-state index in [4.69, 9.17) is 9.31 Å². The molecule has 0 saturated carbocycles. The van der Waals surface area contributed by atoms with Crippen molar-refractivity contribution in [3.05, 3.63) is 127 Å². The maximum atomic E-state index is 6.51. The molecule has 0 unspecified atom stereocenters. The molecule has 1 saturated heterocycles. The smallest absolute Gasteiger partial charge is 0.399 e. The molecule has 1 fully saturated rings. The average Bonchev–Trinajstić information content (AvgIpc) is 3.22. The summed E-state index contributed by atoms with van der Waals surface area (Å²) in [4.78, 5) is 0. The lowest BCUT2D eigenvalue weighted by atomic mass is 9.76. The zero-order chi connectivity index (χ0) is 28.2. The topological polar surface area (TPSA) is 18.5 Å². The Morgan fingerprint density at radius 1 is 0.439 bits per heavy atom. The first-order valence-electron chi connectivity index (χ1n) is 14.4. The maximum absolute atomic E-state index is 6.51. The largest absolute Gasteiger partial charge is 0.494 e. The SMILES string of the molecule is CC1(C)OB(c2cc(-c3ccc(-c4cccc5ccccc45)cc3)cc(-c3cccc4ccccc34)c2)OC1(C)C. The summed E-state index contributed by atoms with van der Waals surface area (Å²) in [7, 11) is -0.441. The van der Waals surface area contributed by atoms with E-state index in [1.165, 1.54) is 38.2 Å². The first-order valence-corrected chi connectivity index (χ1v) is 14.4. The van der Waals surface area contributed by atoms with Gasteiger partial charge in [0.25, 0.3) is 0 Å². The van der Waals surface area contributed by atoms with Crippen LogP contribution in [0, 0.1) is 0 Å². The molecule has 3 heteroatoms. The summed E-state index contributed by atoms with van der Waals surface area (Å²) in [5.41, 5.74) is 7.33. The fraction of sp³-hybridized carbons (Fsp3) is 0.158. The molecule has 200 valence electrons. The fourth-order valence-electron chi connectivity index (χ4n) is 5.89. The molecule has 7 rings (SSSR count). The molecule has 41 heavy (non-hydrogen) atoms. The van der Waals surface area contributed by atoms with Gasteiger partial charge >= 0.3 is 7.12 Å². The Bertz CT molecular complexity index is 1880. The van der Waals surface area contributed by atoms with Crippen molar-refractivity contribution in [3.63, 3.8) is 0 Å². The van der Waals surface area contributed by atoms with Crippen LogP contribution < -0.4 is 5.46 Å². The molecule has 0 spiro atoms. The number of benzene rings is 6. The number of rotatable bonds is 4. The van der Waals surface area contributed by atoms with E-state index in [0.717, 1.165) is 22.2 Å². The third-order valence-electron chi connectivity index (χ3n) is 8.90. The van der Waals surface area contributed by atoms with Crippen LogP contribution in [0.2, 0.25) is 0 Å². The minimum Gasteiger partial charge on any atom is -0.399 e. The van der Waals surface area contributed by atoms with Gasteiger partial charge in [0, 0.05) is 0 Å². The summed E-state index contributed by atoms with van der Waals surface area (Å²) in [6, 6.07) is 45.8. The lowest BCUT2D eigenvalue weighted by Gasteiger charge is -2.32. The number of fused-ring (bicyclic) bond motifs is 2. The Hall–Kier alpha value is -4.18. The van der Waals surface area contributed by atoms with Gasteiger partial charge in [0.15, 0.2) is 0 Å². The van der Waals surface area contributed by atoms with Crippen LogP contribution in [0.4, 0.5) is 0 Å². The molecule has 1 aliphatic rings. The molecule has 0 N–H and O–H groups in total. The molecule has 0 aromatic heterocycles. The average molecular weight is 532 g/mol. The van der Waals surface area contributed by atoms with Crippen LogP contribution >= 0.6 is 0 Å². The predicted octanol–water partition coefficient (Wildman–Crippen LogP) is 9.29. The summed E-state index contributed by atoms with van der Waals surface area (Å²) < 4.78 is 13.0. The number of hydrogen-bond acceptors (Lipinski definition) is 2. The Labute approximate surface area is 242 Å². The van der Waals surface area contributed by atoms with Gasteiger partial charge in [0.05, 0.1) is 11.2 Å². The van der Waals surface area contributed by atoms with Crippen LogP contribution in [-0.4, -0.2) is 18.3 Å². The molecule has 0 aliphatic carbocycles. The first-order chi connectivity index (χ1) is 19.8. The number of hydrogen-bond donors (Lipinski definition) is 0. The van der Waals surface area contributed by atoms with Gasteiger partial charge in [-0.2, -0.15) is 0 Å². The second-order valence-electron chi connectivity index (χ2n) is 12.1. The lowest BCUT2D eigenvalue weighted by molar-refractivity contribution is 0.00578. The Balaban J connectivity index is 1.35. The molecule has 6 aromatic carbocycles. The highest BCUT2D eigenvalue weighted by molar-refractivity contribution is 6.62. The summed E-state index contributed by atoms with van der Waals surface area (Å²) in [5, 5.41) is 4.98. The van der Waals surface area contributed by atoms with Crippen molar-refractivity contribution in [2.24, 2.45) is 0 Å². The van der Waals surface area contributed by atoms with Crippen molar-refractivity contribution < 1.29 is 9.31 Å². The maximum Gasteiger partial charge on any atom is 0.494 e. The van der Waals surface area contributed by atoms with Crippen molar-refractivity contribution in [3.8, 4) is 33.4 Å². The van der Waals surface area contributed by atoms with E-state index in [2.05, 4.69) is 155 Å². The van der Waals surface area contributed by atoms with E-state index >= 15 is 0 Å². The van der Waals surface area contributed by atoms with Crippen LogP contribution in [0.25, 0.3) is 54.9 Å². The van der Waals surface area contributed by atoms with Gasteiger partial charge in [0.2, 0.25) is 0 Å². The van der Waals surface area contributed by atoms with Gasteiger partial charge in [0.1, 0.15) is 0 Å². The summed E-state index contributed by atoms with van der Waals surface area (Å²) >= 11 is 0. The minimum absolute atomic E-state index is 0.409. The molecular formula is C38H33BO2. The molecule has 1 heterocycles. The normalized spacial score (nSPS) is 16.0. The molecule has 0 bridgehead atoms. The van der Waals surface area contributed by atoms with Gasteiger partial charge in [-0.1, -0.05) is 121 Å². The summed E-state index contributed by atoms with van der Waals surface area (Å²) in [6.07, 6.45) is 0. The van der Waals surface area contributed by atoms with Gasteiger partial charge in [-0.3, -0.25) is 0 Å². The van der Waals surface area contributed by atoms with Crippen molar-refractivity contribution >= 4 is 34.1 Å². The van der Waals surface area contributed by atoms with Crippen molar-refractivity contribution in [1.29, 1.82) is 0 Å². The second-order valence-corrected chi connectivity index (χ2v) is 12.1. The predicted molar refractivity (Wildman–Crippen MR) is 173 cm³/mol. The highest BCUT2D eigenvalue weighted by Crippen LogP contribution is 2.38. The van der Waals surface area contributed by atoms with E-state index in [1.807, 2.05) is 0 Å². The molecule has 0 radical (unpaired) electrons. The van der Waals surface area contributed by atoms with E-state index in [1.54, 1.807) is 0 Å². The van der Waals surface area contributed by atoms with Crippen LogP contribution in [0.1, 0.15) is 27.7 Å². The quantitative estimate of drug-likeness (QED) is 0.211. The molecular weight excluding hydrogens is 499 g/mol. The van der Waals surface area contributed by atoms with Gasteiger partial charge < -0.3 is 9.31 Å². The molecule has 0 amide bonds. The van der Waals surface area contributed by atoms with Crippen LogP contribution in [0.15, 0.2) is 127 Å². The van der Waals surface area contributed by atoms with Gasteiger partial charge in [-0.25, -0.2) is 0 Å². The first kappa shape index (κ1) is 25.8. The summed E-state index contributed by atoms with van der Waals surface area (Å²) in [5.74, 6) is 0. The highest BCUT2D eigenvalue weighted by Gasteiger charge is 2.51. The van der Waals surface area contributed by atoms with Gasteiger partial charge in [-0.15, -0.1) is 0 Å². The Morgan fingerprint density at radius 2 is 0.902 bits per heavy atom. The van der Waals surface area contributed by atoms with Crippen molar-refractivity contribution in [2.75, 3.05) is 0 Å². The van der Waals surface area contributed by atoms with E-state index < -0.39 is 18.3 Å². The Morgan fingerprint density at radius 3 is 1.49 bits per heavy atom. The van der Waals surface area contributed by atoms with Crippen LogP contribution in [-0.2, 0) is 9.31 Å². The lowest BCUT2D eigenvalue weighted by Crippen LogP contribution is -2.41. The van der Waals surface area contributed by atoms with Gasteiger partial charge in [-0.05, 0) is 94.1 Å². The fourth-order valence-corrected chi connectivity index (χ4v) is 5.89. The van der Waals surface area contributed by atoms with Crippen LogP contribution in [0.5, 0.6) is 0 Å².